The van der Waals surface area contributed by atoms with Gasteiger partial charge in [0.1, 0.15) is 0 Å². The number of fused-ring (bicyclic) bond motifs is 2. The molecule has 4 heteroatoms. The normalized spacial score (nSPS) is 11.5. The molecule has 0 radical (unpaired) electrons. The van der Waals surface area contributed by atoms with Crippen molar-refractivity contribution in [3.05, 3.63) is 253 Å². The van der Waals surface area contributed by atoms with Crippen LogP contribution in [-0.2, 0) is 5.41 Å². The lowest BCUT2D eigenvalue weighted by molar-refractivity contribution is 0.693. The van der Waals surface area contributed by atoms with E-state index in [1.165, 1.54) is 38.2 Å². The average molecular weight is 819 g/mol. The summed E-state index contributed by atoms with van der Waals surface area (Å²) in [6.45, 7) is 2.32. The van der Waals surface area contributed by atoms with Crippen molar-refractivity contribution < 1.29 is 0 Å². The zero-order valence-electron chi connectivity index (χ0n) is 35.3. The molecule has 302 valence electrons. The van der Waals surface area contributed by atoms with Crippen molar-refractivity contribution in [1.82, 2.24) is 19.9 Å². The van der Waals surface area contributed by atoms with E-state index >= 15 is 0 Å². The Balaban J connectivity index is 0.976. The molecular formula is C60H42N4. The molecule has 11 aromatic rings. The molecule has 64 heavy (non-hydrogen) atoms. The number of hydrogen-bond donors (Lipinski definition) is 0. The minimum Gasteiger partial charge on any atom is -0.228 e. The second kappa shape index (κ2) is 16.5. The van der Waals surface area contributed by atoms with Crippen LogP contribution in [0.2, 0.25) is 0 Å². The third-order valence-electron chi connectivity index (χ3n) is 12.5. The van der Waals surface area contributed by atoms with Crippen molar-refractivity contribution in [3.63, 3.8) is 0 Å². The minimum atomic E-state index is -0.466. The minimum absolute atomic E-state index is 0.466. The predicted octanol–water partition coefficient (Wildman–Crippen LogP) is 14.9. The van der Waals surface area contributed by atoms with Crippen molar-refractivity contribution in [2.24, 2.45) is 0 Å². The van der Waals surface area contributed by atoms with Crippen LogP contribution >= 0.6 is 0 Å². The molecule has 0 saturated heterocycles. The van der Waals surface area contributed by atoms with Gasteiger partial charge in [0.05, 0.1) is 22.8 Å². The first kappa shape index (κ1) is 38.6. The lowest BCUT2D eigenvalue weighted by atomic mass is 9.71. The molecule has 0 atom stereocenters. The third-order valence-corrected chi connectivity index (χ3v) is 12.5. The van der Waals surface area contributed by atoms with Gasteiger partial charge in [-0.25, -0.2) is 19.9 Å². The Bertz CT molecular complexity index is 3210. The van der Waals surface area contributed by atoms with E-state index in [1.807, 2.05) is 36.4 Å². The van der Waals surface area contributed by atoms with Gasteiger partial charge >= 0.3 is 0 Å². The van der Waals surface area contributed by atoms with Crippen LogP contribution in [0, 0.1) is 0 Å². The second-order valence-electron chi connectivity index (χ2n) is 16.4. The van der Waals surface area contributed by atoms with Gasteiger partial charge in [-0.1, -0.05) is 212 Å². The van der Waals surface area contributed by atoms with Gasteiger partial charge < -0.3 is 0 Å². The SMILES string of the molecule is CC(c1ccccc1)(c1ccc(-c2cc(-c3ccc4ccccc4c3)nc(-c3ccccc3)n2)cc1)c1ccc(-c2cc(-c3ccc4ccccc4c3)nc(-c3ccccc3)n2)cc1. The monoisotopic (exact) mass is 818 g/mol. The Morgan fingerprint density at radius 1 is 0.250 bits per heavy atom. The fourth-order valence-corrected chi connectivity index (χ4v) is 8.84. The van der Waals surface area contributed by atoms with Gasteiger partial charge in [0.15, 0.2) is 11.6 Å². The highest BCUT2D eigenvalue weighted by Gasteiger charge is 2.31. The molecule has 4 nitrogen and oxygen atoms in total. The van der Waals surface area contributed by atoms with Gasteiger partial charge in [-0.05, 0) is 69.4 Å². The largest absolute Gasteiger partial charge is 0.228 e. The second-order valence-corrected chi connectivity index (χ2v) is 16.4. The highest BCUT2D eigenvalue weighted by Crippen LogP contribution is 2.41. The quantitative estimate of drug-likeness (QED) is 0.136. The zero-order valence-corrected chi connectivity index (χ0v) is 35.3. The maximum absolute atomic E-state index is 5.15. The standard InChI is InChI=1S/C60H42N4/c1-60(51-23-9-4-10-24-51,52-33-29-43(30-34-52)54-39-56(63-58(61-54)45-17-5-2-6-18-45)49-27-25-41-15-11-13-21-47(41)37-49)53-35-31-44(32-36-53)55-40-57(64-59(62-55)46-19-7-3-8-20-46)50-28-26-42-16-12-14-22-48(42)38-50/h2-40H,1H3. The third kappa shape index (κ3) is 7.42. The van der Waals surface area contributed by atoms with Crippen LogP contribution in [0.3, 0.4) is 0 Å². The number of rotatable bonds is 9. The summed E-state index contributed by atoms with van der Waals surface area (Å²) in [7, 11) is 0. The number of aromatic nitrogens is 4. The highest BCUT2D eigenvalue weighted by molar-refractivity contribution is 5.89. The Labute approximate surface area is 373 Å². The van der Waals surface area contributed by atoms with E-state index < -0.39 is 5.41 Å². The van der Waals surface area contributed by atoms with Gasteiger partial charge in [0.25, 0.3) is 0 Å². The molecule has 2 aromatic heterocycles. The molecule has 0 spiro atoms. The van der Waals surface area contributed by atoms with Gasteiger partial charge in [0.2, 0.25) is 0 Å². The Morgan fingerprint density at radius 2 is 0.562 bits per heavy atom. The molecule has 0 fully saturated rings. The summed E-state index contributed by atoms with van der Waals surface area (Å²) in [5.41, 5.74) is 12.7. The zero-order chi connectivity index (χ0) is 42.9. The molecule has 0 amide bonds. The van der Waals surface area contributed by atoms with Crippen LogP contribution < -0.4 is 0 Å². The first-order valence-corrected chi connectivity index (χ1v) is 21.7. The predicted molar refractivity (Wildman–Crippen MR) is 264 cm³/mol. The molecule has 9 aromatic carbocycles. The van der Waals surface area contributed by atoms with E-state index in [4.69, 9.17) is 19.9 Å². The number of nitrogens with zero attached hydrogens (tertiary/aromatic N) is 4. The lowest BCUT2D eigenvalue weighted by Crippen LogP contribution is -2.25. The maximum Gasteiger partial charge on any atom is 0.160 e. The Hall–Kier alpha value is -8.34. The summed E-state index contributed by atoms with van der Waals surface area (Å²) in [4.78, 5) is 20.5. The van der Waals surface area contributed by atoms with Gasteiger partial charge in [-0.15, -0.1) is 0 Å². The highest BCUT2D eigenvalue weighted by atomic mass is 14.9. The molecule has 0 aliphatic heterocycles. The van der Waals surface area contributed by atoms with Crippen molar-refractivity contribution in [2.45, 2.75) is 12.3 Å². The molecule has 0 saturated carbocycles. The Morgan fingerprint density at radius 3 is 0.969 bits per heavy atom. The van der Waals surface area contributed by atoms with Crippen molar-refractivity contribution >= 4 is 21.5 Å². The molecule has 11 rings (SSSR count). The topological polar surface area (TPSA) is 51.6 Å². The van der Waals surface area contributed by atoms with E-state index in [0.717, 1.165) is 56.2 Å². The van der Waals surface area contributed by atoms with E-state index in [1.54, 1.807) is 0 Å². The van der Waals surface area contributed by atoms with Crippen LogP contribution in [-0.4, -0.2) is 19.9 Å². The summed E-state index contributed by atoms with van der Waals surface area (Å²) in [5, 5.41) is 4.76. The summed E-state index contributed by atoms with van der Waals surface area (Å²) in [5.74, 6) is 1.40. The smallest absolute Gasteiger partial charge is 0.160 e. The van der Waals surface area contributed by atoms with Gasteiger partial charge in [-0.2, -0.15) is 0 Å². The summed E-state index contributed by atoms with van der Waals surface area (Å²) >= 11 is 0. The summed E-state index contributed by atoms with van der Waals surface area (Å²) < 4.78 is 0. The van der Waals surface area contributed by atoms with Crippen LogP contribution in [0.5, 0.6) is 0 Å². The van der Waals surface area contributed by atoms with Crippen molar-refractivity contribution in [2.75, 3.05) is 0 Å². The van der Waals surface area contributed by atoms with E-state index in [9.17, 15) is 0 Å². The van der Waals surface area contributed by atoms with E-state index in [0.29, 0.717) is 11.6 Å². The van der Waals surface area contributed by atoms with E-state index in [-0.39, 0.29) is 0 Å². The molecular weight excluding hydrogens is 777 g/mol. The maximum atomic E-state index is 5.15. The van der Waals surface area contributed by atoms with Crippen LogP contribution in [0.15, 0.2) is 237 Å². The molecule has 0 aliphatic carbocycles. The van der Waals surface area contributed by atoms with Crippen LogP contribution in [0.25, 0.3) is 89.4 Å². The van der Waals surface area contributed by atoms with E-state index in [2.05, 4.69) is 207 Å². The number of benzene rings is 9. The Kier molecular flexibility index (Phi) is 9.95. The summed E-state index contributed by atoms with van der Waals surface area (Å²) in [6, 6.07) is 83.2. The van der Waals surface area contributed by atoms with Crippen molar-refractivity contribution in [3.8, 4) is 67.8 Å². The molecule has 2 heterocycles. The fourth-order valence-electron chi connectivity index (χ4n) is 8.84. The first-order valence-electron chi connectivity index (χ1n) is 21.7. The molecule has 0 bridgehead atoms. The first-order chi connectivity index (χ1) is 31.5. The molecule has 0 aliphatic rings. The summed E-state index contributed by atoms with van der Waals surface area (Å²) in [6.07, 6.45) is 0. The fraction of sp³-hybridized carbons (Fsp3) is 0.0333. The average Bonchev–Trinajstić information content (AvgIpc) is 3.38. The molecule has 0 unspecified atom stereocenters. The number of hydrogen-bond acceptors (Lipinski definition) is 4. The van der Waals surface area contributed by atoms with Gasteiger partial charge in [-0.3, -0.25) is 0 Å². The van der Waals surface area contributed by atoms with Crippen LogP contribution in [0.1, 0.15) is 23.6 Å². The van der Waals surface area contributed by atoms with Crippen LogP contribution in [0.4, 0.5) is 0 Å². The molecule has 0 N–H and O–H groups in total. The lowest BCUT2D eigenvalue weighted by Gasteiger charge is -2.32. The van der Waals surface area contributed by atoms with Gasteiger partial charge in [0, 0.05) is 38.8 Å². The van der Waals surface area contributed by atoms with Crippen molar-refractivity contribution in [1.29, 1.82) is 0 Å².